The molecule has 2 amide bonds. The minimum atomic E-state index is -3.43. The summed E-state index contributed by atoms with van der Waals surface area (Å²) in [7, 11) is -3.43. The number of piperazine rings is 1. The van der Waals surface area contributed by atoms with E-state index in [1.54, 1.807) is 35.6 Å². The van der Waals surface area contributed by atoms with E-state index in [2.05, 4.69) is 4.90 Å². The van der Waals surface area contributed by atoms with Gasteiger partial charge in [0.05, 0.1) is 24.1 Å². The number of ether oxygens (including phenoxy) is 1. The van der Waals surface area contributed by atoms with Crippen molar-refractivity contribution in [3.8, 4) is 5.75 Å². The molecule has 0 aliphatic carbocycles. The molecule has 3 rings (SSSR count). The van der Waals surface area contributed by atoms with E-state index in [-0.39, 0.29) is 11.8 Å². The highest BCUT2D eigenvalue weighted by Crippen LogP contribution is 2.32. The SMILES string of the molecule is CC(C)CN(c1ccccc1N1CCN(C(=O)[CH]Cc2ccc(OC(N)=O)cc2)CC1)S(C)(=O)=O. The molecular formula is C25H33N4O5S. The average Bonchev–Trinajstić information content (AvgIpc) is 2.81. The van der Waals surface area contributed by atoms with Crippen LogP contribution in [0.4, 0.5) is 16.2 Å². The molecule has 35 heavy (non-hydrogen) atoms. The van der Waals surface area contributed by atoms with Crippen LogP contribution in [-0.4, -0.2) is 64.3 Å². The Kier molecular flexibility index (Phi) is 8.61. The Morgan fingerprint density at radius 1 is 1.06 bits per heavy atom. The summed E-state index contributed by atoms with van der Waals surface area (Å²) in [6, 6.07) is 14.3. The number of carbonyl (C=O) groups excluding carboxylic acids is 2. The summed E-state index contributed by atoms with van der Waals surface area (Å²) < 4.78 is 31.3. The van der Waals surface area contributed by atoms with Crippen molar-refractivity contribution in [1.82, 2.24) is 4.90 Å². The maximum absolute atomic E-state index is 12.7. The molecule has 0 saturated carbocycles. The lowest BCUT2D eigenvalue weighted by atomic mass is 10.1. The molecule has 2 aromatic rings. The van der Waals surface area contributed by atoms with Crippen LogP contribution in [-0.2, 0) is 21.2 Å². The fraction of sp³-hybridized carbons (Fsp3) is 0.400. The molecule has 0 aromatic heterocycles. The quantitative estimate of drug-likeness (QED) is 0.565. The lowest BCUT2D eigenvalue weighted by Crippen LogP contribution is -2.49. The van der Waals surface area contributed by atoms with Crippen molar-refractivity contribution >= 4 is 33.4 Å². The summed E-state index contributed by atoms with van der Waals surface area (Å²) in [6.45, 7) is 6.68. The summed E-state index contributed by atoms with van der Waals surface area (Å²) >= 11 is 0. The molecule has 1 saturated heterocycles. The number of hydrogen-bond donors (Lipinski definition) is 1. The Bertz CT molecular complexity index is 1130. The molecular weight excluding hydrogens is 468 g/mol. The Morgan fingerprint density at radius 3 is 2.26 bits per heavy atom. The van der Waals surface area contributed by atoms with Gasteiger partial charge in [0.1, 0.15) is 5.75 Å². The summed E-state index contributed by atoms with van der Waals surface area (Å²) in [5, 5.41) is 0. The number of anilines is 2. The molecule has 0 bridgehead atoms. The van der Waals surface area contributed by atoms with Gasteiger partial charge in [0.15, 0.2) is 0 Å². The van der Waals surface area contributed by atoms with Crippen molar-refractivity contribution in [1.29, 1.82) is 0 Å². The van der Waals surface area contributed by atoms with Gasteiger partial charge in [-0.05, 0) is 42.2 Å². The standard InChI is InChI=1S/C25H33N4O5S/c1-19(2)18-29(35(3,32)33)23-7-5-4-6-22(23)27-14-16-28(17-15-27)24(30)13-10-20-8-11-21(12-9-20)34-25(26)31/h4-9,11-13,19H,10,14-18H2,1-3H3,(H2,26,31). The van der Waals surface area contributed by atoms with Crippen LogP contribution >= 0.6 is 0 Å². The molecule has 1 heterocycles. The van der Waals surface area contributed by atoms with E-state index in [1.807, 2.05) is 38.1 Å². The van der Waals surface area contributed by atoms with E-state index >= 15 is 0 Å². The van der Waals surface area contributed by atoms with Crippen molar-refractivity contribution < 1.29 is 22.7 Å². The van der Waals surface area contributed by atoms with E-state index in [4.69, 9.17) is 10.5 Å². The number of amides is 2. The van der Waals surface area contributed by atoms with Gasteiger partial charge in [-0.25, -0.2) is 13.2 Å². The molecule has 189 valence electrons. The van der Waals surface area contributed by atoms with Crippen molar-refractivity contribution in [2.75, 3.05) is 48.2 Å². The van der Waals surface area contributed by atoms with Gasteiger partial charge < -0.3 is 20.3 Å². The first-order valence-electron chi connectivity index (χ1n) is 11.5. The summed E-state index contributed by atoms with van der Waals surface area (Å²) in [5.41, 5.74) is 7.43. The Labute approximate surface area is 207 Å². The number of nitrogens with two attached hydrogens (primary N) is 1. The summed E-state index contributed by atoms with van der Waals surface area (Å²) in [6.07, 6.45) is 2.46. The number of rotatable bonds is 9. The molecule has 1 radical (unpaired) electrons. The lowest BCUT2D eigenvalue weighted by molar-refractivity contribution is -0.127. The zero-order chi connectivity index (χ0) is 25.6. The molecule has 0 atom stereocenters. The van der Waals surface area contributed by atoms with Crippen molar-refractivity contribution in [2.45, 2.75) is 20.3 Å². The second-order valence-corrected chi connectivity index (χ2v) is 10.9. The number of nitrogens with zero attached hydrogens (tertiary/aromatic N) is 3. The number of primary amides is 1. The van der Waals surface area contributed by atoms with Crippen LogP contribution in [0, 0.1) is 12.3 Å². The van der Waals surface area contributed by atoms with Crippen molar-refractivity contribution in [3.63, 3.8) is 0 Å². The number of hydrogen-bond acceptors (Lipinski definition) is 6. The van der Waals surface area contributed by atoms with Gasteiger partial charge in [-0.15, -0.1) is 0 Å². The minimum Gasteiger partial charge on any atom is -0.411 e. The Balaban J connectivity index is 1.60. The van der Waals surface area contributed by atoms with Crippen molar-refractivity contribution in [2.24, 2.45) is 11.7 Å². The first kappa shape index (κ1) is 26.3. The first-order chi connectivity index (χ1) is 16.5. The molecule has 1 aliphatic heterocycles. The van der Waals surface area contributed by atoms with Crippen molar-refractivity contribution in [3.05, 3.63) is 60.5 Å². The smallest absolute Gasteiger partial charge is 0.409 e. The van der Waals surface area contributed by atoms with Crippen LogP contribution in [0.25, 0.3) is 0 Å². The second kappa shape index (κ2) is 11.4. The van der Waals surface area contributed by atoms with Gasteiger partial charge in [0, 0.05) is 32.7 Å². The third-order valence-corrected chi connectivity index (χ3v) is 6.81. The van der Waals surface area contributed by atoms with Gasteiger partial charge >= 0.3 is 6.09 Å². The van der Waals surface area contributed by atoms with Gasteiger partial charge in [0.2, 0.25) is 15.9 Å². The van der Waals surface area contributed by atoms with Crippen LogP contribution in [0.1, 0.15) is 19.4 Å². The highest BCUT2D eigenvalue weighted by molar-refractivity contribution is 7.92. The highest BCUT2D eigenvalue weighted by atomic mass is 32.2. The fourth-order valence-corrected chi connectivity index (χ4v) is 5.08. The van der Waals surface area contributed by atoms with Gasteiger partial charge in [0.25, 0.3) is 0 Å². The number of benzene rings is 2. The average molecular weight is 502 g/mol. The summed E-state index contributed by atoms with van der Waals surface area (Å²) in [4.78, 5) is 27.5. The molecule has 0 spiro atoms. The van der Waals surface area contributed by atoms with E-state index in [1.165, 1.54) is 10.6 Å². The highest BCUT2D eigenvalue weighted by Gasteiger charge is 2.26. The molecule has 9 nitrogen and oxygen atoms in total. The predicted molar refractivity (Wildman–Crippen MR) is 137 cm³/mol. The molecule has 2 N–H and O–H groups in total. The van der Waals surface area contributed by atoms with E-state index in [0.717, 1.165) is 11.3 Å². The topological polar surface area (TPSA) is 113 Å². The summed E-state index contributed by atoms with van der Waals surface area (Å²) in [5.74, 6) is 0.481. The number of sulfonamides is 1. The van der Waals surface area contributed by atoms with Gasteiger partial charge in [-0.1, -0.05) is 38.1 Å². The normalized spacial score (nSPS) is 14.2. The monoisotopic (exact) mass is 501 g/mol. The fourth-order valence-electron chi connectivity index (χ4n) is 4.00. The zero-order valence-electron chi connectivity index (χ0n) is 20.4. The maximum Gasteiger partial charge on any atom is 0.409 e. The first-order valence-corrected chi connectivity index (χ1v) is 13.4. The second-order valence-electron chi connectivity index (χ2n) is 8.96. The van der Waals surface area contributed by atoms with Crippen LogP contribution in [0.2, 0.25) is 0 Å². The largest absolute Gasteiger partial charge is 0.411 e. The Hall–Kier alpha value is -3.27. The molecule has 10 heteroatoms. The van der Waals surface area contributed by atoms with Crippen LogP contribution in [0.15, 0.2) is 48.5 Å². The molecule has 1 aliphatic rings. The van der Waals surface area contributed by atoms with Gasteiger partial charge in [-0.2, -0.15) is 0 Å². The van der Waals surface area contributed by atoms with Crippen LogP contribution in [0.3, 0.4) is 0 Å². The third-order valence-electron chi connectivity index (χ3n) is 5.67. The molecule has 0 unspecified atom stereocenters. The molecule has 2 aromatic carbocycles. The van der Waals surface area contributed by atoms with Gasteiger partial charge in [-0.3, -0.25) is 9.10 Å². The lowest BCUT2D eigenvalue weighted by Gasteiger charge is -2.38. The third kappa shape index (κ3) is 7.35. The number of carbonyl (C=O) groups is 2. The van der Waals surface area contributed by atoms with E-state index < -0.39 is 16.1 Å². The predicted octanol–water partition coefficient (Wildman–Crippen LogP) is 2.66. The van der Waals surface area contributed by atoms with E-state index in [0.29, 0.717) is 50.6 Å². The minimum absolute atomic E-state index is 0.0482. The van der Waals surface area contributed by atoms with Crippen LogP contribution in [0.5, 0.6) is 5.75 Å². The molecule has 1 fully saturated rings. The number of para-hydroxylation sites is 2. The van der Waals surface area contributed by atoms with E-state index in [9.17, 15) is 18.0 Å². The van der Waals surface area contributed by atoms with Crippen LogP contribution < -0.4 is 19.7 Å². The zero-order valence-corrected chi connectivity index (χ0v) is 21.2. The maximum atomic E-state index is 12.7. The Morgan fingerprint density at radius 2 is 1.69 bits per heavy atom.